The first-order valence-electron chi connectivity index (χ1n) is 6.09. The quantitative estimate of drug-likeness (QED) is 0.511. The molecule has 0 amide bonds. The SMILES string of the molecule is COc1ccc([N+]2=NOC(=O)/C2=C\c2sc(=S)[nH]c2O)cc1. The molecule has 0 aliphatic carbocycles. The Morgan fingerprint density at radius 3 is 2.77 bits per heavy atom. The number of nitrogens with zero attached hydrogens (tertiary/aromatic N) is 2. The van der Waals surface area contributed by atoms with Crippen LogP contribution in [0.1, 0.15) is 4.88 Å². The van der Waals surface area contributed by atoms with E-state index in [1.165, 1.54) is 10.8 Å². The van der Waals surface area contributed by atoms with Crippen LogP contribution in [-0.4, -0.2) is 27.9 Å². The van der Waals surface area contributed by atoms with Gasteiger partial charge in [-0.05, 0) is 29.0 Å². The number of aromatic amines is 1. The smallest absolute Gasteiger partial charge is 0.437 e. The first-order valence-corrected chi connectivity index (χ1v) is 7.31. The Morgan fingerprint density at radius 1 is 1.45 bits per heavy atom. The molecule has 0 fully saturated rings. The fourth-order valence-corrected chi connectivity index (χ4v) is 2.87. The van der Waals surface area contributed by atoms with Crippen LogP contribution in [0.15, 0.2) is 35.2 Å². The number of ether oxygens (including phenoxy) is 1. The summed E-state index contributed by atoms with van der Waals surface area (Å²) < 4.78 is 6.83. The third-order valence-corrected chi connectivity index (χ3v) is 4.05. The van der Waals surface area contributed by atoms with E-state index in [0.717, 1.165) is 11.3 Å². The second-order valence-electron chi connectivity index (χ2n) is 4.23. The average molecular weight is 336 g/mol. The van der Waals surface area contributed by atoms with E-state index in [4.69, 9.17) is 21.8 Å². The normalized spacial score (nSPS) is 15.8. The average Bonchev–Trinajstić information content (AvgIpc) is 3.03. The van der Waals surface area contributed by atoms with Crippen LogP contribution in [0, 0.1) is 3.95 Å². The summed E-state index contributed by atoms with van der Waals surface area (Å²) in [6.07, 6.45) is 1.47. The number of rotatable bonds is 3. The summed E-state index contributed by atoms with van der Waals surface area (Å²) in [7, 11) is 1.57. The van der Waals surface area contributed by atoms with E-state index >= 15 is 0 Å². The summed E-state index contributed by atoms with van der Waals surface area (Å²) in [6, 6.07) is 6.94. The lowest BCUT2D eigenvalue weighted by Crippen LogP contribution is -2.05. The summed E-state index contributed by atoms with van der Waals surface area (Å²) in [4.78, 5) is 19.6. The Bertz CT molecular complexity index is 849. The molecule has 9 heteroatoms. The van der Waals surface area contributed by atoms with Crippen molar-refractivity contribution in [3.05, 3.63) is 38.8 Å². The molecule has 1 aromatic heterocycles. The number of H-pyrrole nitrogens is 1. The van der Waals surface area contributed by atoms with E-state index in [-0.39, 0.29) is 11.6 Å². The van der Waals surface area contributed by atoms with Crippen molar-refractivity contribution in [1.29, 1.82) is 0 Å². The Hall–Kier alpha value is -2.52. The first kappa shape index (κ1) is 14.4. The summed E-state index contributed by atoms with van der Waals surface area (Å²) in [5.41, 5.74) is 0.794. The molecule has 1 aliphatic rings. The van der Waals surface area contributed by atoms with Crippen LogP contribution < -0.4 is 4.74 Å². The minimum atomic E-state index is -0.616. The van der Waals surface area contributed by atoms with Crippen molar-refractivity contribution in [2.24, 2.45) is 5.28 Å². The van der Waals surface area contributed by atoms with Gasteiger partial charge in [-0.1, -0.05) is 0 Å². The van der Waals surface area contributed by atoms with Gasteiger partial charge in [0.25, 0.3) is 0 Å². The summed E-state index contributed by atoms with van der Waals surface area (Å²) in [5.74, 6) is -0.0339. The van der Waals surface area contributed by atoms with Gasteiger partial charge in [-0.3, -0.25) is 4.84 Å². The van der Waals surface area contributed by atoms with Gasteiger partial charge in [0.1, 0.15) is 5.75 Å². The molecule has 2 N–H and O–H groups in total. The fraction of sp³-hybridized carbons (Fsp3) is 0.0769. The Balaban J connectivity index is 2.01. The molecule has 2 aromatic rings. The summed E-state index contributed by atoms with van der Waals surface area (Å²) in [6.45, 7) is 0. The van der Waals surface area contributed by atoms with Crippen molar-refractivity contribution >= 4 is 41.3 Å². The highest BCUT2D eigenvalue weighted by atomic mass is 32.1. The lowest BCUT2D eigenvalue weighted by atomic mass is 10.2. The number of nitrogens with one attached hydrogen (secondary N) is 1. The minimum Gasteiger partial charge on any atom is -0.497 e. The second kappa shape index (κ2) is 5.70. The van der Waals surface area contributed by atoms with Crippen molar-refractivity contribution in [2.45, 2.75) is 0 Å². The molecule has 1 aromatic carbocycles. The molecule has 1 aliphatic heterocycles. The molecule has 0 saturated heterocycles. The van der Waals surface area contributed by atoms with Gasteiger partial charge in [-0.15, -0.1) is 11.3 Å². The fourth-order valence-electron chi connectivity index (χ4n) is 1.84. The highest BCUT2D eigenvalue weighted by Gasteiger charge is 2.37. The minimum absolute atomic E-state index is 0.100. The van der Waals surface area contributed by atoms with Gasteiger partial charge >= 0.3 is 11.7 Å². The lowest BCUT2D eigenvalue weighted by Gasteiger charge is -1.97. The zero-order valence-electron chi connectivity index (χ0n) is 11.3. The van der Waals surface area contributed by atoms with Gasteiger partial charge in [-0.25, -0.2) is 4.79 Å². The molecule has 22 heavy (non-hydrogen) atoms. The van der Waals surface area contributed by atoms with Crippen LogP contribution in [0.5, 0.6) is 11.6 Å². The van der Waals surface area contributed by atoms with Crippen molar-refractivity contribution in [3.8, 4) is 11.6 Å². The number of aromatic nitrogens is 1. The van der Waals surface area contributed by atoms with E-state index in [1.807, 2.05) is 0 Å². The number of aromatic hydroxyl groups is 1. The van der Waals surface area contributed by atoms with Gasteiger partial charge in [0.15, 0.2) is 3.95 Å². The van der Waals surface area contributed by atoms with Gasteiger partial charge in [0, 0.05) is 18.2 Å². The molecule has 112 valence electrons. The number of hydrogen-bond donors (Lipinski definition) is 2. The van der Waals surface area contributed by atoms with Crippen LogP contribution in [-0.2, 0) is 9.63 Å². The maximum atomic E-state index is 11.8. The standard InChI is InChI=1S/C13H9N3O4S2/c1-19-8-4-2-7(3-5-8)16-9(12(18)20-15-16)6-10-11(17)14-13(21)22-10/h2-6H,1H3,(H-,14,15,17,18,21)/p+1. The number of methoxy groups -OCH3 is 1. The molecular formula is C13H10N3O4S2+. The number of hydrogen-bond acceptors (Lipinski definition) is 7. The van der Waals surface area contributed by atoms with Crippen LogP contribution in [0.2, 0.25) is 0 Å². The molecule has 0 unspecified atom stereocenters. The van der Waals surface area contributed by atoms with Crippen molar-refractivity contribution in [2.75, 3.05) is 7.11 Å². The third kappa shape index (κ3) is 2.63. The van der Waals surface area contributed by atoms with Gasteiger partial charge < -0.3 is 14.8 Å². The maximum absolute atomic E-state index is 11.8. The van der Waals surface area contributed by atoms with Crippen molar-refractivity contribution in [3.63, 3.8) is 0 Å². The van der Waals surface area contributed by atoms with Gasteiger partial charge in [0.2, 0.25) is 16.8 Å². The van der Waals surface area contributed by atoms with Crippen molar-refractivity contribution < 1.29 is 24.2 Å². The molecule has 0 bridgehead atoms. The molecular weight excluding hydrogens is 326 g/mol. The van der Waals surface area contributed by atoms with Crippen LogP contribution in [0.4, 0.5) is 5.69 Å². The van der Waals surface area contributed by atoms with Gasteiger partial charge in [0.05, 0.1) is 12.0 Å². The summed E-state index contributed by atoms with van der Waals surface area (Å²) in [5, 5.41) is 13.4. The monoisotopic (exact) mass is 336 g/mol. The van der Waals surface area contributed by atoms with E-state index in [9.17, 15) is 9.90 Å². The van der Waals surface area contributed by atoms with Crippen LogP contribution >= 0.6 is 23.6 Å². The molecule has 0 radical (unpaired) electrons. The highest BCUT2D eigenvalue weighted by molar-refractivity contribution is 7.73. The van der Waals surface area contributed by atoms with E-state index in [2.05, 4.69) is 10.3 Å². The third-order valence-electron chi connectivity index (χ3n) is 2.88. The first-order chi connectivity index (χ1) is 10.6. The highest BCUT2D eigenvalue weighted by Crippen LogP contribution is 2.30. The number of carbonyl (C=O) groups is 1. The molecule has 0 spiro atoms. The van der Waals surface area contributed by atoms with Crippen molar-refractivity contribution in [1.82, 2.24) is 4.98 Å². The largest absolute Gasteiger partial charge is 0.497 e. The Labute approximate surface area is 133 Å². The molecule has 0 saturated carbocycles. The molecule has 0 atom stereocenters. The van der Waals surface area contributed by atoms with Gasteiger partial charge in [-0.2, -0.15) is 0 Å². The molecule has 3 rings (SSSR count). The zero-order chi connectivity index (χ0) is 15.7. The lowest BCUT2D eigenvalue weighted by molar-refractivity contribution is -0.462. The Morgan fingerprint density at radius 2 is 2.18 bits per heavy atom. The van der Waals surface area contributed by atoms with E-state index < -0.39 is 5.97 Å². The topological polar surface area (TPSA) is 86.9 Å². The molecule has 7 nitrogen and oxygen atoms in total. The number of benzene rings is 1. The maximum Gasteiger partial charge on any atom is 0.437 e. The Kier molecular flexibility index (Phi) is 3.73. The molecule has 2 heterocycles. The summed E-state index contributed by atoms with van der Waals surface area (Å²) >= 11 is 6.09. The van der Waals surface area contributed by atoms with E-state index in [1.54, 1.807) is 31.4 Å². The predicted octanol–water partition coefficient (Wildman–Crippen LogP) is 3.13. The number of thiazole rings is 1. The second-order valence-corrected chi connectivity index (χ2v) is 5.95. The van der Waals surface area contributed by atoms with Crippen LogP contribution in [0.25, 0.3) is 6.08 Å². The number of carbonyl (C=O) groups excluding carboxylic acids is 1. The predicted molar refractivity (Wildman–Crippen MR) is 80.6 cm³/mol. The van der Waals surface area contributed by atoms with E-state index in [0.29, 0.717) is 20.3 Å². The van der Waals surface area contributed by atoms with Crippen LogP contribution in [0.3, 0.4) is 0 Å². The zero-order valence-corrected chi connectivity index (χ0v) is 12.9.